The minimum Gasteiger partial charge on any atom is -0.389 e. The zero-order valence-electron chi connectivity index (χ0n) is 21.6. The third kappa shape index (κ3) is 6.54. The first kappa shape index (κ1) is 27.2. The van der Waals surface area contributed by atoms with E-state index in [4.69, 9.17) is 0 Å². The van der Waals surface area contributed by atoms with Crippen LogP contribution < -0.4 is 10.6 Å². The number of aliphatic hydroxyl groups is 1. The quantitative estimate of drug-likeness (QED) is 0.454. The average molecular weight is 514 g/mol. The number of unbranched alkanes of at least 4 members (excludes halogenated alkanes) is 1. The van der Waals surface area contributed by atoms with Crippen LogP contribution in [0.5, 0.6) is 0 Å². The maximum Gasteiger partial charge on any atom is 0.242 e. The van der Waals surface area contributed by atoms with Crippen LogP contribution in [-0.2, 0) is 29.0 Å². The first-order valence-electron chi connectivity index (χ1n) is 13.3. The average Bonchev–Trinajstić information content (AvgIpc) is 3.25. The summed E-state index contributed by atoms with van der Waals surface area (Å²) in [5.41, 5.74) is 2.60. The summed E-state index contributed by atoms with van der Waals surface area (Å²) in [6, 6.07) is 9.30. The van der Waals surface area contributed by atoms with Crippen molar-refractivity contribution in [2.24, 2.45) is 5.92 Å². The highest BCUT2D eigenvalue weighted by Gasteiger charge is 2.38. The Hall–Kier alpha value is -2.84. The molecule has 37 heavy (non-hydrogen) atoms. The Morgan fingerprint density at radius 1 is 1.19 bits per heavy atom. The topological polar surface area (TPSA) is 81.7 Å². The Morgan fingerprint density at radius 3 is 2.59 bits per heavy atom. The molecule has 0 radical (unpaired) electrons. The molecule has 3 N–H and O–H groups in total. The highest BCUT2D eigenvalue weighted by Crippen LogP contribution is 2.26. The molecule has 2 aromatic carbocycles. The SMILES string of the molecule is CCCCC1CCN(C(C)C(=O)N[C@@H](Cc2cc(F)cc(F)c2)[C@H](O)C2Cc3ccccc3CN2)C1=O. The first-order chi connectivity index (χ1) is 17.8. The Balaban J connectivity index is 1.50. The number of hydrogen-bond donors (Lipinski definition) is 3. The first-order valence-corrected chi connectivity index (χ1v) is 13.3. The molecule has 0 aromatic heterocycles. The summed E-state index contributed by atoms with van der Waals surface area (Å²) in [5, 5.41) is 17.7. The van der Waals surface area contributed by atoms with E-state index in [-0.39, 0.29) is 30.2 Å². The molecule has 5 atom stereocenters. The van der Waals surface area contributed by atoms with E-state index < -0.39 is 29.8 Å². The molecular weight excluding hydrogens is 476 g/mol. The van der Waals surface area contributed by atoms with E-state index in [1.807, 2.05) is 24.3 Å². The largest absolute Gasteiger partial charge is 0.389 e. The maximum absolute atomic E-state index is 13.9. The standard InChI is InChI=1S/C29H37F2N3O3/c1-3-4-7-20-10-11-34(29(20)37)18(2)28(36)33-26(14-19-12-23(30)16-24(31)13-19)27(35)25-15-21-8-5-6-9-22(21)17-32-25/h5-6,8-9,12-13,16,18,20,25-27,32,35H,3-4,7,10-11,14-15,17H2,1-2H3,(H,33,36)/t18?,20?,25?,26-,27+/m0/s1. The molecule has 1 fully saturated rings. The van der Waals surface area contributed by atoms with Gasteiger partial charge in [-0.3, -0.25) is 9.59 Å². The fourth-order valence-electron chi connectivity index (χ4n) is 5.55. The second-order valence-electron chi connectivity index (χ2n) is 10.4. The zero-order valence-corrected chi connectivity index (χ0v) is 21.6. The molecule has 3 unspecified atom stereocenters. The molecule has 0 aliphatic carbocycles. The second-order valence-corrected chi connectivity index (χ2v) is 10.4. The van der Waals surface area contributed by atoms with Gasteiger partial charge in [-0.05, 0) is 61.4 Å². The van der Waals surface area contributed by atoms with Gasteiger partial charge in [-0.1, -0.05) is 44.0 Å². The fourth-order valence-corrected chi connectivity index (χ4v) is 5.55. The molecule has 8 heteroatoms. The molecule has 0 spiro atoms. The molecule has 2 aliphatic heterocycles. The highest BCUT2D eigenvalue weighted by molar-refractivity contribution is 5.89. The van der Waals surface area contributed by atoms with Crippen LogP contribution in [0.3, 0.4) is 0 Å². The van der Waals surface area contributed by atoms with E-state index in [2.05, 4.69) is 17.6 Å². The fraction of sp³-hybridized carbons (Fsp3) is 0.517. The molecule has 6 nitrogen and oxygen atoms in total. The maximum atomic E-state index is 13.9. The third-order valence-corrected chi connectivity index (χ3v) is 7.75. The molecule has 0 bridgehead atoms. The number of likely N-dealkylation sites (tertiary alicyclic amines) is 1. The van der Waals surface area contributed by atoms with Crippen molar-refractivity contribution in [2.45, 2.75) is 83.1 Å². The van der Waals surface area contributed by atoms with E-state index in [1.165, 1.54) is 12.1 Å². The highest BCUT2D eigenvalue weighted by atomic mass is 19.1. The van der Waals surface area contributed by atoms with Crippen LogP contribution >= 0.6 is 0 Å². The van der Waals surface area contributed by atoms with Gasteiger partial charge in [-0.25, -0.2) is 8.78 Å². The lowest BCUT2D eigenvalue weighted by molar-refractivity contribution is -0.139. The van der Waals surface area contributed by atoms with E-state index in [9.17, 15) is 23.5 Å². The van der Waals surface area contributed by atoms with Gasteiger partial charge >= 0.3 is 0 Å². The van der Waals surface area contributed by atoms with Crippen LogP contribution in [0, 0.1) is 17.6 Å². The molecule has 2 heterocycles. The lowest BCUT2D eigenvalue weighted by atomic mass is 9.88. The van der Waals surface area contributed by atoms with E-state index >= 15 is 0 Å². The summed E-state index contributed by atoms with van der Waals surface area (Å²) >= 11 is 0. The van der Waals surface area contributed by atoms with Crippen molar-refractivity contribution in [1.29, 1.82) is 0 Å². The van der Waals surface area contributed by atoms with Crippen LogP contribution in [0.1, 0.15) is 56.2 Å². The molecule has 2 amide bonds. The van der Waals surface area contributed by atoms with E-state index in [0.717, 1.165) is 42.9 Å². The van der Waals surface area contributed by atoms with Gasteiger partial charge in [0.1, 0.15) is 17.7 Å². The van der Waals surface area contributed by atoms with Gasteiger partial charge in [0, 0.05) is 31.1 Å². The van der Waals surface area contributed by atoms with E-state index in [0.29, 0.717) is 25.1 Å². The zero-order chi connectivity index (χ0) is 26.5. The molecule has 200 valence electrons. The van der Waals surface area contributed by atoms with Crippen molar-refractivity contribution in [1.82, 2.24) is 15.5 Å². The smallest absolute Gasteiger partial charge is 0.242 e. The van der Waals surface area contributed by atoms with Gasteiger partial charge in [0.15, 0.2) is 0 Å². The summed E-state index contributed by atoms with van der Waals surface area (Å²) in [4.78, 5) is 27.8. The lowest BCUT2D eigenvalue weighted by Crippen LogP contribution is -2.58. The third-order valence-electron chi connectivity index (χ3n) is 7.75. The Bertz CT molecular complexity index is 1090. The number of rotatable bonds is 10. The molecular formula is C29H37F2N3O3. The number of nitrogens with zero attached hydrogens (tertiary/aromatic N) is 1. The molecule has 0 saturated carbocycles. The monoisotopic (exact) mass is 513 g/mol. The summed E-state index contributed by atoms with van der Waals surface area (Å²) in [6.07, 6.45) is 3.11. The van der Waals surface area contributed by atoms with Crippen molar-refractivity contribution in [3.05, 3.63) is 70.8 Å². The lowest BCUT2D eigenvalue weighted by Gasteiger charge is -2.35. The minimum absolute atomic E-state index is 0.00838. The predicted octanol–water partition coefficient (Wildman–Crippen LogP) is 3.49. The number of nitrogens with one attached hydrogen (secondary N) is 2. The van der Waals surface area contributed by atoms with Crippen molar-refractivity contribution >= 4 is 11.8 Å². The van der Waals surface area contributed by atoms with Crippen LogP contribution in [0.2, 0.25) is 0 Å². The number of halogens is 2. The number of fused-ring (bicyclic) bond motifs is 1. The van der Waals surface area contributed by atoms with E-state index in [1.54, 1.807) is 11.8 Å². The molecule has 2 aromatic rings. The van der Waals surface area contributed by atoms with Gasteiger partial charge in [0.25, 0.3) is 0 Å². The number of amides is 2. The number of carbonyl (C=O) groups excluding carboxylic acids is 2. The van der Waals surface area contributed by atoms with Gasteiger partial charge in [-0.2, -0.15) is 0 Å². The van der Waals surface area contributed by atoms with Gasteiger partial charge in [-0.15, -0.1) is 0 Å². The predicted molar refractivity (Wildman–Crippen MR) is 138 cm³/mol. The Morgan fingerprint density at radius 2 is 1.89 bits per heavy atom. The summed E-state index contributed by atoms with van der Waals surface area (Å²) in [5.74, 6) is -1.88. The molecule has 1 saturated heterocycles. The van der Waals surface area contributed by atoms with Crippen molar-refractivity contribution in [3.63, 3.8) is 0 Å². The Labute approximate surface area is 217 Å². The van der Waals surface area contributed by atoms with Gasteiger partial charge in [0.05, 0.1) is 12.1 Å². The summed E-state index contributed by atoms with van der Waals surface area (Å²) in [7, 11) is 0. The normalized spacial score (nSPS) is 21.9. The second kappa shape index (κ2) is 12.1. The van der Waals surface area contributed by atoms with Crippen LogP contribution in [0.15, 0.2) is 42.5 Å². The number of aliphatic hydroxyl groups excluding tert-OH is 1. The summed E-state index contributed by atoms with van der Waals surface area (Å²) in [6.45, 7) is 4.87. The van der Waals surface area contributed by atoms with Crippen LogP contribution in [0.25, 0.3) is 0 Å². The Kier molecular flexibility index (Phi) is 8.92. The molecule has 4 rings (SSSR count). The molecule has 2 aliphatic rings. The van der Waals surface area contributed by atoms with Crippen molar-refractivity contribution < 1.29 is 23.5 Å². The van der Waals surface area contributed by atoms with Crippen molar-refractivity contribution in [2.75, 3.05) is 6.54 Å². The minimum atomic E-state index is -1.03. The van der Waals surface area contributed by atoms with Gasteiger partial charge in [0.2, 0.25) is 11.8 Å². The van der Waals surface area contributed by atoms with Crippen LogP contribution in [-0.4, -0.2) is 52.6 Å². The number of benzene rings is 2. The summed E-state index contributed by atoms with van der Waals surface area (Å²) < 4.78 is 27.8. The van der Waals surface area contributed by atoms with Gasteiger partial charge < -0.3 is 20.6 Å². The van der Waals surface area contributed by atoms with Crippen molar-refractivity contribution in [3.8, 4) is 0 Å². The number of hydrogen-bond acceptors (Lipinski definition) is 4. The van der Waals surface area contributed by atoms with Crippen LogP contribution in [0.4, 0.5) is 8.78 Å². The number of carbonyl (C=O) groups is 2.